The van der Waals surface area contributed by atoms with Gasteiger partial charge in [-0.3, -0.25) is 0 Å². The van der Waals surface area contributed by atoms with Crippen molar-refractivity contribution in [3.63, 3.8) is 0 Å². The van der Waals surface area contributed by atoms with Crippen LogP contribution >= 0.6 is 11.3 Å². The number of carbonyl (C=O) groups excluding carboxylic acids is 1. The minimum atomic E-state index is -0.320. The molecule has 0 aliphatic rings. The molecule has 1 aromatic carbocycles. The third-order valence-electron chi connectivity index (χ3n) is 2.69. The molecule has 1 aromatic heterocycles. The lowest BCUT2D eigenvalue weighted by molar-refractivity contribution is 0.245. The SMILES string of the molecule is CC(C)(C)c1nc2ccc(NC(=O)NCCO)cc2s1. The number of aromatic nitrogens is 1. The fourth-order valence-electron chi connectivity index (χ4n) is 1.67. The molecule has 0 fully saturated rings. The van der Waals surface area contributed by atoms with E-state index in [1.54, 1.807) is 11.3 Å². The predicted molar refractivity (Wildman–Crippen MR) is 82.4 cm³/mol. The zero-order chi connectivity index (χ0) is 14.8. The van der Waals surface area contributed by atoms with Crippen LogP contribution in [0.1, 0.15) is 25.8 Å². The minimum Gasteiger partial charge on any atom is -0.395 e. The molecule has 1 heterocycles. The van der Waals surface area contributed by atoms with Gasteiger partial charge >= 0.3 is 6.03 Å². The quantitative estimate of drug-likeness (QED) is 0.814. The Labute approximate surface area is 122 Å². The molecule has 20 heavy (non-hydrogen) atoms. The highest BCUT2D eigenvalue weighted by atomic mass is 32.1. The van der Waals surface area contributed by atoms with E-state index in [9.17, 15) is 4.79 Å². The Morgan fingerprint density at radius 3 is 2.80 bits per heavy atom. The van der Waals surface area contributed by atoms with Gasteiger partial charge in [0.2, 0.25) is 0 Å². The Bertz CT molecular complexity index is 616. The van der Waals surface area contributed by atoms with Gasteiger partial charge in [0.25, 0.3) is 0 Å². The van der Waals surface area contributed by atoms with Crippen LogP contribution in [0.2, 0.25) is 0 Å². The van der Waals surface area contributed by atoms with E-state index >= 15 is 0 Å². The number of aliphatic hydroxyl groups is 1. The second-order valence-corrected chi connectivity index (χ2v) is 6.59. The number of carbonyl (C=O) groups is 1. The molecule has 0 saturated heterocycles. The summed E-state index contributed by atoms with van der Waals surface area (Å²) >= 11 is 1.64. The standard InChI is InChI=1S/C14H19N3O2S/c1-14(2,3)12-17-10-5-4-9(8-11(10)20-12)16-13(19)15-6-7-18/h4-5,8,18H,6-7H2,1-3H3,(H2,15,16,19). The average molecular weight is 293 g/mol. The van der Waals surface area contributed by atoms with Crippen LogP contribution in [0.25, 0.3) is 10.2 Å². The molecule has 5 nitrogen and oxygen atoms in total. The zero-order valence-corrected chi connectivity index (χ0v) is 12.7. The Morgan fingerprint density at radius 2 is 2.15 bits per heavy atom. The van der Waals surface area contributed by atoms with Crippen LogP contribution < -0.4 is 10.6 Å². The van der Waals surface area contributed by atoms with Crippen molar-refractivity contribution in [2.45, 2.75) is 26.2 Å². The smallest absolute Gasteiger partial charge is 0.319 e. The molecule has 0 atom stereocenters. The van der Waals surface area contributed by atoms with E-state index in [0.717, 1.165) is 20.9 Å². The molecule has 0 aliphatic heterocycles. The van der Waals surface area contributed by atoms with Crippen molar-refractivity contribution in [2.24, 2.45) is 0 Å². The Morgan fingerprint density at radius 1 is 1.40 bits per heavy atom. The molecule has 3 N–H and O–H groups in total. The molecule has 0 aliphatic carbocycles. The van der Waals surface area contributed by atoms with Gasteiger partial charge in [0.05, 0.1) is 21.8 Å². The van der Waals surface area contributed by atoms with Crippen molar-refractivity contribution >= 4 is 33.3 Å². The van der Waals surface area contributed by atoms with E-state index in [2.05, 4.69) is 36.4 Å². The number of amides is 2. The molecular formula is C14H19N3O2S. The van der Waals surface area contributed by atoms with Gasteiger partial charge in [-0.1, -0.05) is 20.8 Å². The van der Waals surface area contributed by atoms with E-state index in [0.29, 0.717) is 0 Å². The highest BCUT2D eigenvalue weighted by Crippen LogP contribution is 2.32. The average Bonchev–Trinajstić information content (AvgIpc) is 2.79. The summed E-state index contributed by atoms with van der Waals surface area (Å²) in [6.07, 6.45) is 0. The van der Waals surface area contributed by atoms with Crippen molar-refractivity contribution in [3.8, 4) is 0 Å². The number of hydrogen-bond acceptors (Lipinski definition) is 4. The van der Waals surface area contributed by atoms with E-state index < -0.39 is 0 Å². The summed E-state index contributed by atoms with van der Waals surface area (Å²) in [4.78, 5) is 16.1. The predicted octanol–water partition coefficient (Wildman–Crippen LogP) is 2.71. The Kier molecular flexibility index (Phi) is 4.25. The van der Waals surface area contributed by atoms with Crippen molar-refractivity contribution in [1.29, 1.82) is 0 Å². The summed E-state index contributed by atoms with van der Waals surface area (Å²) in [7, 11) is 0. The van der Waals surface area contributed by atoms with E-state index in [1.165, 1.54) is 0 Å². The number of nitrogens with one attached hydrogen (secondary N) is 2. The van der Waals surface area contributed by atoms with Gasteiger partial charge in [-0.25, -0.2) is 9.78 Å². The number of urea groups is 1. The lowest BCUT2D eigenvalue weighted by atomic mass is 9.98. The van der Waals surface area contributed by atoms with Gasteiger partial charge in [0, 0.05) is 17.6 Å². The molecule has 0 bridgehead atoms. The van der Waals surface area contributed by atoms with E-state index in [1.807, 2.05) is 18.2 Å². The lowest BCUT2D eigenvalue weighted by Gasteiger charge is -2.13. The number of hydrogen-bond donors (Lipinski definition) is 3. The molecule has 108 valence electrons. The highest BCUT2D eigenvalue weighted by Gasteiger charge is 2.18. The monoisotopic (exact) mass is 293 g/mol. The van der Waals surface area contributed by atoms with Crippen LogP contribution in [-0.4, -0.2) is 29.3 Å². The molecule has 0 spiro atoms. The van der Waals surface area contributed by atoms with Crippen molar-refractivity contribution in [2.75, 3.05) is 18.5 Å². The van der Waals surface area contributed by atoms with Gasteiger partial charge in [-0.05, 0) is 18.2 Å². The number of anilines is 1. The number of benzene rings is 1. The van der Waals surface area contributed by atoms with E-state index in [4.69, 9.17) is 5.11 Å². The Hall–Kier alpha value is -1.66. The van der Waals surface area contributed by atoms with Crippen LogP contribution in [0.5, 0.6) is 0 Å². The molecule has 6 heteroatoms. The fourth-order valence-corrected chi connectivity index (χ4v) is 2.73. The molecule has 0 unspecified atom stereocenters. The normalized spacial score (nSPS) is 11.6. The first-order valence-corrected chi connectivity index (χ1v) is 7.28. The first kappa shape index (κ1) is 14.7. The summed E-state index contributed by atoms with van der Waals surface area (Å²) in [5, 5.41) is 15.0. The number of rotatable bonds is 3. The summed E-state index contributed by atoms with van der Waals surface area (Å²) < 4.78 is 1.05. The first-order valence-electron chi connectivity index (χ1n) is 6.47. The molecule has 2 amide bonds. The fraction of sp³-hybridized carbons (Fsp3) is 0.429. The first-order chi connectivity index (χ1) is 9.40. The molecule has 0 radical (unpaired) electrons. The molecule has 2 aromatic rings. The van der Waals surface area contributed by atoms with Crippen LogP contribution in [-0.2, 0) is 5.41 Å². The zero-order valence-electron chi connectivity index (χ0n) is 11.9. The summed E-state index contributed by atoms with van der Waals surface area (Å²) in [5.41, 5.74) is 1.69. The van der Waals surface area contributed by atoms with Crippen molar-refractivity contribution in [3.05, 3.63) is 23.2 Å². The third kappa shape index (κ3) is 3.46. The summed E-state index contributed by atoms with van der Waals surface area (Å²) in [5.74, 6) is 0. The van der Waals surface area contributed by atoms with Gasteiger partial charge in [0.1, 0.15) is 0 Å². The number of fused-ring (bicyclic) bond motifs is 1. The maximum absolute atomic E-state index is 11.5. The van der Waals surface area contributed by atoms with Gasteiger partial charge in [-0.15, -0.1) is 11.3 Å². The second kappa shape index (κ2) is 5.76. The number of thiazole rings is 1. The summed E-state index contributed by atoms with van der Waals surface area (Å²) in [6, 6.07) is 5.33. The van der Waals surface area contributed by atoms with E-state index in [-0.39, 0.29) is 24.6 Å². The van der Waals surface area contributed by atoms with Crippen molar-refractivity contribution < 1.29 is 9.90 Å². The number of aliphatic hydroxyl groups excluding tert-OH is 1. The lowest BCUT2D eigenvalue weighted by Crippen LogP contribution is -2.30. The van der Waals surface area contributed by atoms with Gasteiger partial charge in [0.15, 0.2) is 0 Å². The molecule has 0 saturated carbocycles. The van der Waals surface area contributed by atoms with Crippen LogP contribution in [0.4, 0.5) is 10.5 Å². The topological polar surface area (TPSA) is 74.2 Å². The maximum atomic E-state index is 11.5. The van der Waals surface area contributed by atoms with Gasteiger partial charge < -0.3 is 15.7 Å². The Balaban J connectivity index is 2.19. The largest absolute Gasteiger partial charge is 0.395 e. The maximum Gasteiger partial charge on any atom is 0.319 e. The molecular weight excluding hydrogens is 274 g/mol. The minimum absolute atomic E-state index is 0.0236. The van der Waals surface area contributed by atoms with Crippen LogP contribution in [0.15, 0.2) is 18.2 Å². The van der Waals surface area contributed by atoms with Crippen molar-refractivity contribution in [1.82, 2.24) is 10.3 Å². The van der Waals surface area contributed by atoms with Gasteiger partial charge in [-0.2, -0.15) is 0 Å². The van der Waals surface area contributed by atoms with Crippen LogP contribution in [0.3, 0.4) is 0 Å². The highest BCUT2D eigenvalue weighted by molar-refractivity contribution is 7.18. The van der Waals surface area contributed by atoms with Crippen LogP contribution in [0, 0.1) is 0 Å². The summed E-state index contributed by atoms with van der Waals surface area (Å²) in [6.45, 7) is 6.56. The second-order valence-electron chi connectivity index (χ2n) is 5.56. The third-order valence-corrected chi connectivity index (χ3v) is 4.13. The number of nitrogens with zero attached hydrogens (tertiary/aromatic N) is 1. The molecule has 2 rings (SSSR count).